The molecule has 0 aromatic carbocycles. The van der Waals surface area contributed by atoms with Gasteiger partial charge in [0.1, 0.15) is 0 Å². The van der Waals surface area contributed by atoms with E-state index >= 15 is 0 Å². The van der Waals surface area contributed by atoms with Gasteiger partial charge in [0, 0.05) is 0 Å². The van der Waals surface area contributed by atoms with Gasteiger partial charge in [-0.1, -0.05) is 37.4 Å². The minimum Gasteiger partial charge on any atom is -0.273 e. The lowest BCUT2D eigenvalue weighted by Gasteiger charge is -2.36. The van der Waals surface area contributed by atoms with Crippen molar-refractivity contribution in [2.24, 2.45) is 5.50 Å². The molecule has 0 unspecified atom stereocenters. The van der Waals surface area contributed by atoms with Crippen molar-refractivity contribution in [3.05, 3.63) is 0 Å². The van der Waals surface area contributed by atoms with E-state index in [1.165, 1.54) is 0 Å². The number of hydrogen-bond acceptors (Lipinski definition) is 6. The summed E-state index contributed by atoms with van der Waals surface area (Å²) in [7, 11) is -8.50. The van der Waals surface area contributed by atoms with Gasteiger partial charge in [0.05, 0.1) is 31.3 Å². The lowest BCUT2D eigenvalue weighted by molar-refractivity contribution is 0.200. The van der Waals surface area contributed by atoms with Gasteiger partial charge >= 0.3 is 16.0 Å². The predicted octanol–water partition coefficient (Wildman–Crippen LogP) is 4.31. The van der Waals surface area contributed by atoms with Crippen LogP contribution >= 0.6 is 23.5 Å². The van der Waals surface area contributed by atoms with Crippen LogP contribution in [0.4, 0.5) is 0 Å². The van der Waals surface area contributed by atoms with Gasteiger partial charge in [-0.05, 0) is 25.7 Å². The first-order valence-electron chi connectivity index (χ1n) is 8.54. The van der Waals surface area contributed by atoms with Crippen LogP contribution in [0, 0.1) is 5.16 Å². The second-order valence-electron chi connectivity index (χ2n) is 5.46. The van der Waals surface area contributed by atoms with Gasteiger partial charge in [-0.15, -0.1) is 0 Å². The van der Waals surface area contributed by atoms with Crippen LogP contribution < -0.4 is 20.1 Å². The van der Waals surface area contributed by atoms with Crippen LogP contribution in [-0.4, -0.2) is 26.4 Å². The Labute approximate surface area is 147 Å². The van der Waals surface area contributed by atoms with Gasteiger partial charge in [-0.3, -0.25) is 10.7 Å². The van der Waals surface area contributed by atoms with Crippen molar-refractivity contribution in [1.82, 2.24) is 14.6 Å². The molecule has 6 N–H and O–H groups in total. The Balaban J connectivity index is 3.10. The van der Waals surface area contributed by atoms with E-state index in [0.29, 0.717) is 26.4 Å². The largest absolute Gasteiger partial charge is 0.477 e. The van der Waals surface area contributed by atoms with Crippen molar-refractivity contribution in [3.63, 3.8) is 0 Å². The fourth-order valence-electron chi connectivity index (χ4n) is 1.84. The molecule has 0 atom stereocenters. The molecule has 0 bridgehead atoms. The van der Waals surface area contributed by atoms with Crippen molar-refractivity contribution in [1.29, 1.82) is 5.16 Å². The molecule has 9 nitrogen and oxygen atoms in total. The molecular formula is C12H34N5O4P3+2. The maximum Gasteiger partial charge on any atom is 0.477 e. The molecular weight excluding hydrogens is 371 g/mol. The molecule has 1 heterocycles. The SMILES string of the molecule is CCCO[P+]1(OCCC)NP(=N)(N)N[P+](OCCC)(OCCC)N1. The van der Waals surface area contributed by atoms with Crippen LogP contribution in [0.1, 0.15) is 53.4 Å². The van der Waals surface area contributed by atoms with Crippen molar-refractivity contribution in [2.45, 2.75) is 53.4 Å². The molecule has 0 spiro atoms. The molecule has 24 heavy (non-hydrogen) atoms. The summed E-state index contributed by atoms with van der Waals surface area (Å²) in [5.41, 5.74) is 6.17. The highest BCUT2D eigenvalue weighted by atomic mass is 31.3. The first-order chi connectivity index (χ1) is 11.4. The van der Waals surface area contributed by atoms with E-state index in [4.69, 9.17) is 28.8 Å². The summed E-state index contributed by atoms with van der Waals surface area (Å²) in [4.78, 5) is 9.42. The van der Waals surface area contributed by atoms with E-state index in [2.05, 4.69) is 14.6 Å². The summed E-state index contributed by atoms with van der Waals surface area (Å²) in [5.74, 6) is 0. The summed E-state index contributed by atoms with van der Waals surface area (Å²) in [5, 5.41) is 8.44. The summed E-state index contributed by atoms with van der Waals surface area (Å²) < 4.78 is 24.0. The van der Waals surface area contributed by atoms with Crippen molar-refractivity contribution in [2.75, 3.05) is 26.4 Å². The van der Waals surface area contributed by atoms with E-state index in [9.17, 15) is 0 Å². The second-order valence-corrected chi connectivity index (χ2v) is 12.5. The highest BCUT2D eigenvalue weighted by molar-refractivity contribution is 7.91. The lowest BCUT2D eigenvalue weighted by Crippen LogP contribution is -2.45. The zero-order valence-corrected chi connectivity index (χ0v) is 17.9. The van der Waals surface area contributed by atoms with E-state index in [-0.39, 0.29) is 0 Å². The van der Waals surface area contributed by atoms with Gasteiger partial charge < -0.3 is 0 Å². The Hall–Kier alpha value is 0.770. The quantitative estimate of drug-likeness (QED) is 0.304. The van der Waals surface area contributed by atoms with E-state index < -0.39 is 23.5 Å². The average molecular weight is 405 g/mol. The molecule has 12 heteroatoms. The highest BCUT2D eigenvalue weighted by Crippen LogP contribution is 2.76. The smallest absolute Gasteiger partial charge is 0.273 e. The van der Waals surface area contributed by atoms with Crippen molar-refractivity contribution >= 4 is 23.5 Å². The van der Waals surface area contributed by atoms with Crippen LogP contribution in [0.3, 0.4) is 0 Å². The standard InChI is InChI=1S/C12H34N5O4P3/c1-5-9-18-23(19-10-6-2)15-22(13,14)16-24(17-23,20-11-7-3)21-12-8-4/h17H,5-12H2,1-4H3,(H5,13,14,15,16)/q+2. The first kappa shape index (κ1) is 22.8. The number of nitrogens with one attached hydrogen (secondary N) is 4. The molecule has 0 amide bonds. The highest BCUT2D eigenvalue weighted by Gasteiger charge is 2.69. The molecule has 1 aliphatic heterocycles. The monoisotopic (exact) mass is 405 g/mol. The molecule has 144 valence electrons. The molecule has 1 aliphatic rings. The van der Waals surface area contributed by atoms with Gasteiger partial charge in [0.25, 0.3) is 0 Å². The Morgan fingerprint density at radius 3 is 1.29 bits per heavy atom. The second kappa shape index (κ2) is 10.8. The summed E-state index contributed by atoms with van der Waals surface area (Å²) >= 11 is 0. The number of nitrogens with two attached hydrogens (primary N) is 1. The normalized spacial score (nSPS) is 21.7. The van der Waals surface area contributed by atoms with Crippen molar-refractivity contribution < 1.29 is 18.1 Å². The first-order valence-corrected chi connectivity index (χ1v) is 13.6. The van der Waals surface area contributed by atoms with Crippen LogP contribution in [0.15, 0.2) is 0 Å². The zero-order chi connectivity index (χ0) is 18.1. The molecule has 0 aromatic heterocycles. The van der Waals surface area contributed by atoms with Gasteiger partial charge in [0.15, 0.2) is 0 Å². The molecule has 0 saturated carbocycles. The average Bonchev–Trinajstić information content (AvgIpc) is 2.53. The number of hydrogen-bond donors (Lipinski definition) is 5. The molecule has 0 radical (unpaired) electrons. The fourth-order valence-corrected chi connectivity index (χ4v) is 12.0. The zero-order valence-electron chi connectivity index (χ0n) is 15.2. The lowest BCUT2D eigenvalue weighted by atomic mass is 10.5. The minimum atomic E-state index is -2.95. The number of rotatable bonds is 12. The van der Waals surface area contributed by atoms with Crippen LogP contribution in [-0.2, 0) is 18.1 Å². The molecule has 0 aromatic rings. The van der Waals surface area contributed by atoms with Crippen LogP contribution in [0.5, 0.6) is 0 Å². The van der Waals surface area contributed by atoms with E-state index in [0.717, 1.165) is 25.7 Å². The molecule has 1 fully saturated rings. The predicted molar refractivity (Wildman–Crippen MR) is 102 cm³/mol. The van der Waals surface area contributed by atoms with E-state index in [1.807, 2.05) is 27.7 Å². The summed E-state index contributed by atoms with van der Waals surface area (Å²) in [6, 6.07) is 0. The Morgan fingerprint density at radius 1 is 0.750 bits per heavy atom. The van der Waals surface area contributed by atoms with Crippen LogP contribution in [0.2, 0.25) is 0 Å². The summed E-state index contributed by atoms with van der Waals surface area (Å²) in [6.45, 7) is 10.1. The Morgan fingerprint density at radius 2 is 1.04 bits per heavy atom. The van der Waals surface area contributed by atoms with E-state index in [1.54, 1.807) is 0 Å². The van der Waals surface area contributed by atoms with Crippen molar-refractivity contribution in [3.8, 4) is 0 Å². The maximum atomic E-state index is 8.44. The van der Waals surface area contributed by atoms with Gasteiger partial charge in [0.2, 0.25) is 7.51 Å². The Bertz CT molecular complexity index is 370. The topological polar surface area (TPSA) is 123 Å². The Kier molecular flexibility index (Phi) is 10.3. The fraction of sp³-hybridized carbons (Fsp3) is 1.00. The van der Waals surface area contributed by atoms with Gasteiger partial charge in [-0.2, -0.15) is 18.1 Å². The van der Waals surface area contributed by atoms with Gasteiger partial charge in [-0.25, -0.2) is 0 Å². The molecule has 1 rings (SSSR count). The maximum absolute atomic E-state index is 8.44. The molecule has 1 saturated heterocycles. The molecule has 0 aliphatic carbocycles. The summed E-state index contributed by atoms with van der Waals surface area (Å²) in [6.07, 6.45) is 3.33. The minimum absolute atomic E-state index is 0.499. The third-order valence-corrected chi connectivity index (χ3v) is 11.7. The van der Waals surface area contributed by atoms with Crippen LogP contribution in [0.25, 0.3) is 0 Å². The third kappa shape index (κ3) is 7.18. The third-order valence-electron chi connectivity index (χ3n) is 2.75.